The zero-order valence-corrected chi connectivity index (χ0v) is 26.3. The van der Waals surface area contributed by atoms with Crippen molar-refractivity contribution < 1.29 is 33.5 Å². The minimum Gasteiger partial charge on any atom is -0.496 e. The molecule has 4 aromatic rings. The van der Waals surface area contributed by atoms with Crippen LogP contribution in [-0.2, 0) is 11.4 Å². The summed E-state index contributed by atoms with van der Waals surface area (Å²) >= 11 is 0. The van der Waals surface area contributed by atoms with E-state index in [1.165, 1.54) is 32.2 Å². The van der Waals surface area contributed by atoms with Crippen LogP contribution in [0.3, 0.4) is 0 Å². The quantitative estimate of drug-likeness (QED) is 0.0706. The van der Waals surface area contributed by atoms with Crippen molar-refractivity contribution in [1.82, 2.24) is 0 Å². The maximum Gasteiger partial charge on any atom is 0.343 e. The van der Waals surface area contributed by atoms with E-state index in [0.717, 1.165) is 0 Å². The number of aryl methyl sites for hydroxylation is 1. The summed E-state index contributed by atoms with van der Waals surface area (Å²) in [4.78, 5) is 50.6. The maximum atomic E-state index is 13.4. The number of benzene rings is 4. The van der Waals surface area contributed by atoms with E-state index in [9.17, 15) is 24.5 Å². The Kier molecular flexibility index (Phi) is 8.51. The lowest BCUT2D eigenvalue weighted by molar-refractivity contribution is -0.385. The molecule has 0 unspecified atom stereocenters. The summed E-state index contributed by atoms with van der Waals surface area (Å²) in [5.74, 6) is -0.0304. The van der Waals surface area contributed by atoms with Crippen LogP contribution >= 0.6 is 0 Å². The van der Waals surface area contributed by atoms with E-state index in [2.05, 4.69) is 5.32 Å². The number of likely N-dealkylation sites (N-methyl/N-ethyl adjacent to an activating group) is 1. The Balaban J connectivity index is 1.56. The van der Waals surface area contributed by atoms with Crippen LogP contribution in [0.25, 0.3) is 11.1 Å². The molecule has 4 aromatic carbocycles. The zero-order chi connectivity index (χ0) is 33.3. The molecule has 11 nitrogen and oxygen atoms in total. The van der Waals surface area contributed by atoms with Gasteiger partial charge in [0.2, 0.25) is 0 Å². The van der Waals surface area contributed by atoms with E-state index < -0.39 is 16.4 Å². The van der Waals surface area contributed by atoms with Gasteiger partial charge in [-0.25, -0.2) is 4.79 Å². The molecule has 1 aliphatic rings. The van der Waals surface area contributed by atoms with Crippen LogP contribution in [-0.4, -0.2) is 42.3 Å². The first-order chi connectivity index (χ1) is 21.8. The van der Waals surface area contributed by atoms with Gasteiger partial charge in [0.25, 0.3) is 11.6 Å². The molecule has 0 radical (unpaired) electrons. The second-order valence-electron chi connectivity index (χ2n) is 11.5. The molecule has 11 heteroatoms. The van der Waals surface area contributed by atoms with Crippen LogP contribution in [0, 0.1) is 17.0 Å². The summed E-state index contributed by atoms with van der Waals surface area (Å²) in [6.45, 7) is 6.77. The number of carbonyl (C=O) groups excluding carboxylic acids is 3. The van der Waals surface area contributed by atoms with Gasteiger partial charge in [-0.1, -0.05) is 18.2 Å². The summed E-state index contributed by atoms with van der Waals surface area (Å²) in [5.41, 5.74) is 3.60. The van der Waals surface area contributed by atoms with Gasteiger partial charge >= 0.3 is 5.97 Å². The number of Topliss-reactive ketones (excluding diaryl/α,β-unsaturated/α-hetero) is 1. The third kappa shape index (κ3) is 6.12. The number of nitro groups is 1. The number of ether oxygens (including phenoxy) is 3. The van der Waals surface area contributed by atoms with Crippen LogP contribution in [0.1, 0.15) is 52.6 Å². The van der Waals surface area contributed by atoms with Crippen molar-refractivity contribution in [1.29, 1.82) is 0 Å². The minimum absolute atomic E-state index is 0.0351. The molecule has 236 valence electrons. The Morgan fingerprint density at radius 1 is 0.957 bits per heavy atom. The number of fused-ring (bicyclic) bond motifs is 1. The molecule has 5 rings (SSSR count). The second-order valence-corrected chi connectivity index (χ2v) is 11.5. The van der Waals surface area contributed by atoms with Gasteiger partial charge in [0.15, 0.2) is 5.78 Å². The van der Waals surface area contributed by atoms with E-state index in [4.69, 9.17) is 14.2 Å². The van der Waals surface area contributed by atoms with Crippen molar-refractivity contribution in [2.75, 3.05) is 24.4 Å². The van der Waals surface area contributed by atoms with Gasteiger partial charge in [-0.05, 0) is 75.2 Å². The number of hydrogen-bond donors (Lipinski definition) is 1. The molecule has 0 fully saturated rings. The standard InChI is InChI=1S/C35H33N3O8/c1-20-10-11-24(38(42)43)17-30(20)45-19-28-26(14-15-29-32(28)37(5)34(41)35(3,4)36-29)27-13-12-25(18-31(27)44-6)46-33(40)23-9-7-8-22(16-23)21(2)39/h7-18,36H,19H2,1-6H3. The largest absolute Gasteiger partial charge is 0.496 e. The van der Waals surface area contributed by atoms with Crippen molar-refractivity contribution in [3.05, 3.63) is 105 Å². The first-order valence-electron chi connectivity index (χ1n) is 14.4. The van der Waals surface area contributed by atoms with Gasteiger partial charge < -0.3 is 24.4 Å². The first-order valence-corrected chi connectivity index (χ1v) is 14.4. The summed E-state index contributed by atoms with van der Waals surface area (Å²) in [6, 6.07) is 19.4. The molecule has 0 saturated heterocycles. The number of carbonyl (C=O) groups is 3. The molecule has 0 atom stereocenters. The summed E-state index contributed by atoms with van der Waals surface area (Å²) in [7, 11) is 3.18. The zero-order valence-electron chi connectivity index (χ0n) is 26.3. The van der Waals surface area contributed by atoms with Crippen LogP contribution in [0.5, 0.6) is 17.2 Å². The average Bonchev–Trinajstić information content (AvgIpc) is 3.02. The second kappa shape index (κ2) is 12.4. The minimum atomic E-state index is -0.856. The first kappa shape index (κ1) is 31.7. The van der Waals surface area contributed by atoms with Gasteiger partial charge in [-0.15, -0.1) is 0 Å². The molecule has 0 saturated carbocycles. The van der Waals surface area contributed by atoms with Crippen LogP contribution < -0.4 is 24.4 Å². The molecule has 0 bridgehead atoms. The topological polar surface area (TPSA) is 137 Å². The SMILES string of the molecule is COc1cc(OC(=O)c2cccc(C(C)=O)c2)ccc1-c1ccc2c(c1COc1cc([N+](=O)[O-])ccc1C)N(C)C(=O)C(C)(C)N2. The third-order valence-corrected chi connectivity index (χ3v) is 7.84. The highest BCUT2D eigenvalue weighted by Gasteiger charge is 2.39. The fourth-order valence-corrected chi connectivity index (χ4v) is 5.43. The van der Waals surface area contributed by atoms with Crippen LogP contribution in [0.4, 0.5) is 17.1 Å². The number of anilines is 2. The number of nitrogens with one attached hydrogen (secondary N) is 1. The van der Waals surface area contributed by atoms with E-state index in [1.54, 1.807) is 75.2 Å². The van der Waals surface area contributed by atoms with Crippen molar-refractivity contribution >= 4 is 34.7 Å². The Hall–Kier alpha value is -5.71. The third-order valence-electron chi connectivity index (χ3n) is 7.84. The van der Waals surface area contributed by atoms with E-state index in [1.807, 2.05) is 12.1 Å². The molecule has 1 aliphatic heterocycles. The Bertz CT molecular complexity index is 1900. The molecular weight excluding hydrogens is 590 g/mol. The van der Waals surface area contributed by atoms with Crippen LogP contribution in [0.15, 0.2) is 72.8 Å². The fraction of sp³-hybridized carbons (Fsp3) is 0.229. The van der Waals surface area contributed by atoms with Crippen molar-refractivity contribution in [2.24, 2.45) is 0 Å². The monoisotopic (exact) mass is 623 g/mol. The Morgan fingerprint density at radius 3 is 2.37 bits per heavy atom. The predicted molar refractivity (Wildman–Crippen MR) is 173 cm³/mol. The Labute approximate surface area is 265 Å². The molecule has 1 amide bonds. The van der Waals surface area contributed by atoms with E-state index in [-0.39, 0.29) is 35.3 Å². The van der Waals surface area contributed by atoms with Gasteiger partial charge in [-0.3, -0.25) is 19.7 Å². The molecule has 1 heterocycles. The molecule has 1 N–H and O–H groups in total. The molecule has 0 spiro atoms. The lowest BCUT2D eigenvalue weighted by Crippen LogP contribution is -2.52. The summed E-state index contributed by atoms with van der Waals surface area (Å²) in [6.07, 6.45) is 0. The highest BCUT2D eigenvalue weighted by molar-refractivity contribution is 6.09. The lowest BCUT2D eigenvalue weighted by Gasteiger charge is -2.39. The highest BCUT2D eigenvalue weighted by atomic mass is 16.6. The number of amides is 1. The normalized spacial score (nSPS) is 13.3. The summed E-state index contributed by atoms with van der Waals surface area (Å²) < 4.78 is 17.6. The van der Waals surface area contributed by atoms with Crippen LogP contribution in [0.2, 0.25) is 0 Å². The number of nitro benzene ring substituents is 1. The van der Waals surface area contributed by atoms with Crippen molar-refractivity contribution in [3.63, 3.8) is 0 Å². The average molecular weight is 624 g/mol. The van der Waals surface area contributed by atoms with Crippen molar-refractivity contribution in [2.45, 2.75) is 39.8 Å². The number of ketones is 1. The fourth-order valence-electron chi connectivity index (χ4n) is 5.43. The van der Waals surface area contributed by atoms with E-state index in [0.29, 0.717) is 50.7 Å². The Morgan fingerprint density at radius 2 is 1.67 bits per heavy atom. The summed E-state index contributed by atoms with van der Waals surface area (Å²) in [5, 5.41) is 14.7. The smallest absolute Gasteiger partial charge is 0.343 e. The number of methoxy groups -OCH3 is 1. The molecule has 0 aromatic heterocycles. The number of non-ortho nitro benzene ring substituents is 1. The van der Waals surface area contributed by atoms with Gasteiger partial charge in [0.1, 0.15) is 29.4 Å². The van der Waals surface area contributed by atoms with Crippen molar-refractivity contribution in [3.8, 4) is 28.4 Å². The number of rotatable bonds is 9. The predicted octanol–water partition coefficient (Wildman–Crippen LogP) is 6.75. The lowest BCUT2D eigenvalue weighted by atomic mass is 9.91. The number of nitrogens with zero attached hydrogens (tertiary/aromatic N) is 2. The molecular formula is C35H33N3O8. The van der Waals surface area contributed by atoms with E-state index >= 15 is 0 Å². The molecule has 0 aliphatic carbocycles. The van der Waals surface area contributed by atoms with Gasteiger partial charge in [-0.2, -0.15) is 0 Å². The number of esters is 1. The van der Waals surface area contributed by atoms with Gasteiger partial charge in [0, 0.05) is 35.9 Å². The van der Waals surface area contributed by atoms with Gasteiger partial charge in [0.05, 0.1) is 35.0 Å². The number of hydrogen-bond acceptors (Lipinski definition) is 9. The highest BCUT2D eigenvalue weighted by Crippen LogP contribution is 2.45. The molecule has 46 heavy (non-hydrogen) atoms. The maximum absolute atomic E-state index is 13.4.